The molecule has 1 aromatic heterocycles. The van der Waals surface area contributed by atoms with Crippen molar-refractivity contribution in [3.05, 3.63) is 60.2 Å². The van der Waals surface area contributed by atoms with Crippen molar-refractivity contribution >= 4 is 22.9 Å². The average molecular weight is 419 g/mol. The van der Waals surface area contributed by atoms with Gasteiger partial charge in [0.1, 0.15) is 0 Å². The quantitative estimate of drug-likeness (QED) is 0.575. The summed E-state index contributed by atoms with van der Waals surface area (Å²) in [6.45, 7) is 9.28. The van der Waals surface area contributed by atoms with Crippen LogP contribution in [0.25, 0.3) is 11.0 Å². The lowest BCUT2D eigenvalue weighted by Crippen LogP contribution is -2.42. The fourth-order valence-corrected chi connectivity index (χ4v) is 4.41. The van der Waals surface area contributed by atoms with Crippen LogP contribution in [0.5, 0.6) is 0 Å². The van der Waals surface area contributed by atoms with Gasteiger partial charge in [0.25, 0.3) is 0 Å². The SMILES string of the molecule is CC(C)CCn1c(N2CCC(C(=O)N[C@@H](C)c3ccccc3)CC2)nc2ccccc21. The molecule has 1 aliphatic rings. The molecule has 1 fully saturated rings. The van der Waals surface area contributed by atoms with Crippen LogP contribution in [0.15, 0.2) is 54.6 Å². The lowest BCUT2D eigenvalue weighted by atomic mass is 9.95. The Labute approximate surface area is 185 Å². The van der Waals surface area contributed by atoms with Crippen molar-refractivity contribution in [3.63, 3.8) is 0 Å². The predicted molar refractivity (Wildman–Crippen MR) is 127 cm³/mol. The minimum atomic E-state index is 0.0342. The van der Waals surface area contributed by atoms with Crippen LogP contribution >= 0.6 is 0 Å². The molecule has 0 bridgehead atoms. The summed E-state index contributed by atoms with van der Waals surface area (Å²) >= 11 is 0. The second-order valence-electron chi connectivity index (χ2n) is 9.14. The van der Waals surface area contributed by atoms with E-state index >= 15 is 0 Å². The van der Waals surface area contributed by atoms with E-state index in [9.17, 15) is 4.79 Å². The van der Waals surface area contributed by atoms with Crippen molar-refractivity contribution in [1.82, 2.24) is 14.9 Å². The van der Waals surface area contributed by atoms with Gasteiger partial charge in [0.15, 0.2) is 0 Å². The molecule has 164 valence electrons. The fourth-order valence-electron chi connectivity index (χ4n) is 4.41. The molecule has 0 aliphatic carbocycles. The van der Waals surface area contributed by atoms with Crippen LogP contribution in [0.2, 0.25) is 0 Å². The van der Waals surface area contributed by atoms with Crippen LogP contribution in [0, 0.1) is 11.8 Å². The molecule has 2 aromatic carbocycles. The van der Waals surface area contributed by atoms with Gasteiger partial charge in [-0.1, -0.05) is 56.3 Å². The standard InChI is InChI=1S/C26H34N4O/c1-19(2)13-18-30-24-12-8-7-11-23(24)28-26(30)29-16-14-22(15-17-29)25(31)27-20(3)21-9-5-4-6-10-21/h4-12,19-20,22H,13-18H2,1-3H3,(H,27,31)/t20-/m0/s1. The summed E-state index contributed by atoms with van der Waals surface area (Å²) < 4.78 is 2.37. The van der Waals surface area contributed by atoms with Gasteiger partial charge in [0.05, 0.1) is 17.1 Å². The number of amides is 1. The summed E-state index contributed by atoms with van der Waals surface area (Å²) in [7, 11) is 0. The number of anilines is 1. The number of fused-ring (bicyclic) bond motifs is 1. The number of aryl methyl sites for hydroxylation is 1. The van der Waals surface area contributed by atoms with Crippen molar-refractivity contribution < 1.29 is 4.79 Å². The number of carbonyl (C=O) groups excluding carboxylic acids is 1. The summed E-state index contributed by atoms with van der Waals surface area (Å²) in [5, 5.41) is 3.21. The lowest BCUT2D eigenvalue weighted by Gasteiger charge is -2.33. The number of rotatable bonds is 7. The number of piperidine rings is 1. The van der Waals surface area contributed by atoms with Gasteiger partial charge >= 0.3 is 0 Å². The first kappa shape index (κ1) is 21.4. The molecule has 31 heavy (non-hydrogen) atoms. The van der Waals surface area contributed by atoms with E-state index in [1.807, 2.05) is 18.2 Å². The Morgan fingerprint density at radius 3 is 2.42 bits per heavy atom. The molecule has 1 saturated heterocycles. The average Bonchev–Trinajstić information content (AvgIpc) is 3.17. The maximum atomic E-state index is 12.9. The smallest absolute Gasteiger partial charge is 0.223 e. The Hall–Kier alpha value is -2.82. The monoisotopic (exact) mass is 418 g/mol. The van der Waals surface area contributed by atoms with Crippen molar-refractivity contribution in [2.45, 2.75) is 52.6 Å². The second kappa shape index (κ2) is 9.54. The number of nitrogens with zero attached hydrogens (tertiary/aromatic N) is 3. The zero-order valence-corrected chi connectivity index (χ0v) is 18.9. The highest BCUT2D eigenvalue weighted by Gasteiger charge is 2.28. The Bertz CT molecular complexity index is 1000. The summed E-state index contributed by atoms with van der Waals surface area (Å²) in [6, 6.07) is 18.6. The molecule has 3 aromatic rings. The van der Waals surface area contributed by atoms with Crippen molar-refractivity contribution in [3.8, 4) is 0 Å². The largest absolute Gasteiger partial charge is 0.349 e. The third kappa shape index (κ3) is 4.92. The molecule has 5 heteroatoms. The molecule has 0 unspecified atom stereocenters. The highest BCUT2D eigenvalue weighted by molar-refractivity contribution is 5.80. The molecular weight excluding hydrogens is 384 g/mol. The van der Waals surface area contributed by atoms with Gasteiger partial charge < -0.3 is 14.8 Å². The van der Waals surface area contributed by atoms with E-state index in [4.69, 9.17) is 4.98 Å². The Balaban J connectivity index is 1.42. The summed E-state index contributed by atoms with van der Waals surface area (Å²) in [6.07, 6.45) is 2.85. The number of imidazole rings is 1. The molecule has 1 N–H and O–H groups in total. The molecule has 4 rings (SSSR count). The molecule has 1 aliphatic heterocycles. The first-order valence-electron chi connectivity index (χ1n) is 11.6. The zero-order chi connectivity index (χ0) is 21.8. The number of nitrogens with one attached hydrogen (secondary N) is 1. The van der Waals surface area contributed by atoms with Gasteiger partial charge in [0, 0.05) is 25.6 Å². The van der Waals surface area contributed by atoms with Gasteiger partial charge in [-0.2, -0.15) is 0 Å². The summed E-state index contributed by atoms with van der Waals surface area (Å²) in [5.41, 5.74) is 3.40. The van der Waals surface area contributed by atoms with E-state index in [1.54, 1.807) is 0 Å². The highest BCUT2D eigenvalue weighted by Crippen LogP contribution is 2.28. The molecule has 1 atom stereocenters. The van der Waals surface area contributed by atoms with Crippen LogP contribution < -0.4 is 10.2 Å². The van der Waals surface area contributed by atoms with Crippen LogP contribution in [0.3, 0.4) is 0 Å². The third-order valence-corrected chi connectivity index (χ3v) is 6.37. The van der Waals surface area contributed by atoms with E-state index in [1.165, 1.54) is 5.52 Å². The Kier molecular flexibility index (Phi) is 6.59. The van der Waals surface area contributed by atoms with Gasteiger partial charge in [0.2, 0.25) is 11.9 Å². The van der Waals surface area contributed by atoms with Gasteiger partial charge in [-0.25, -0.2) is 4.98 Å². The summed E-state index contributed by atoms with van der Waals surface area (Å²) in [4.78, 5) is 20.2. The number of para-hydroxylation sites is 2. The van der Waals surface area contributed by atoms with E-state index in [0.29, 0.717) is 5.92 Å². The topological polar surface area (TPSA) is 50.2 Å². The zero-order valence-electron chi connectivity index (χ0n) is 18.9. The highest BCUT2D eigenvalue weighted by atomic mass is 16.1. The summed E-state index contributed by atoms with van der Waals surface area (Å²) in [5.74, 6) is 1.94. The molecule has 2 heterocycles. The van der Waals surface area contributed by atoms with Crippen molar-refractivity contribution in [2.75, 3.05) is 18.0 Å². The van der Waals surface area contributed by atoms with E-state index in [0.717, 1.165) is 55.9 Å². The van der Waals surface area contributed by atoms with Crippen LogP contribution in [-0.2, 0) is 11.3 Å². The molecule has 5 nitrogen and oxygen atoms in total. The minimum Gasteiger partial charge on any atom is -0.349 e. The molecule has 0 saturated carbocycles. The maximum absolute atomic E-state index is 12.9. The van der Waals surface area contributed by atoms with Gasteiger partial charge in [-0.3, -0.25) is 4.79 Å². The molecule has 0 spiro atoms. The fraction of sp³-hybridized carbons (Fsp3) is 0.462. The van der Waals surface area contributed by atoms with E-state index in [2.05, 4.69) is 72.0 Å². The first-order chi connectivity index (χ1) is 15.0. The maximum Gasteiger partial charge on any atom is 0.223 e. The molecule has 1 amide bonds. The van der Waals surface area contributed by atoms with Gasteiger partial charge in [-0.05, 0) is 49.8 Å². The van der Waals surface area contributed by atoms with E-state index < -0.39 is 0 Å². The molecular formula is C26H34N4O. The van der Waals surface area contributed by atoms with Crippen LogP contribution in [0.1, 0.15) is 51.6 Å². The van der Waals surface area contributed by atoms with E-state index in [-0.39, 0.29) is 17.9 Å². The Morgan fingerprint density at radius 2 is 1.71 bits per heavy atom. The normalized spacial score (nSPS) is 16.1. The number of hydrogen-bond acceptors (Lipinski definition) is 3. The molecule has 0 radical (unpaired) electrons. The minimum absolute atomic E-state index is 0.0342. The third-order valence-electron chi connectivity index (χ3n) is 6.37. The van der Waals surface area contributed by atoms with Crippen molar-refractivity contribution in [1.29, 1.82) is 0 Å². The second-order valence-corrected chi connectivity index (χ2v) is 9.14. The number of carbonyl (C=O) groups is 1. The lowest BCUT2D eigenvalue weighted by molar-refractivity contribution is -0.126. The predicted octanol–water partition coefficient (Wildman–Crippen LogP) is 5.18. The Morgan fingerprint density at radius 1 is 1.03 bits per heavy atom. The van der Waals surface area contributed by atoms with Crippen LogP contribution in [0.4, 0.5) is 5.95 Å². The van der Waals surface area contributed by atoms with Crippen LogP contribution in [-0.4, -0.2) is 28.5 Å². The first-order valence-corrected chi connectivity index (χ1v) is 11.6. The van der Waals surface area contributed by atoms with Gasteiger partial charge in [-0.15, -0.1) is 0 Å². The number of hydrogen-bond donors (Lipinski definition) is 1. The number of aromatic nitrogens is 2. The number of benzene rings is 2. The van der Waals surface area contributed by atoms with Crippen molar-refractivity contribution in [2.24, 2.45) is 11.8 Å².